The van der Waals surface area contributed by atoms with E-state index in [0.717, 1.165) is 5.56 Å². The second-order valence-corrected chi connectivity index (χ2v) is 10.5. The number of rotatable bonds is 3. The summed E-state index contributed by atoms with van der Waals surface area (Å²) in [5, 5.41) is 0.456. The number of sulfone groups is 1. The molecule has 0 unspecified atom stereocenters. The Hall–Kier alpha value is -2.52. The Balaban J connectivity index is 1.46. The Morgan fingerprint density at radius 3 is 2.72 bits per heavy atom. The summed E-state index contributed by atoms with van der Waals surface area (Å²) in [5.41, 5.74) is 1.45. The van der Waals surface area contributed by atoms with Crippen LogP contribution in [0.2, 0.25) is 0 Å². The van der Waals surface area contributed by atoms with Crippen molar-refractivity contribution in [3.63, 3.8) is 0 Å². The predicted molar refractivity (Wildman–Crippen MR) is 110 cm³/mol. The van der Waals surface area contributed by atoms with Crippen molar-refractivity contribution in [1.29, 1.82) is 0 Å². The van der Waals surface area contributed by atoms with Gasteiger partial charge in [-0.1, -0.05) is 36.0 Å². The van der Waals surface area contributed by atoms with E-state index in [2.05, 4.69) is 4.99 Å². The molecule has 9 heteroatoms. The van der Waals surface area contributed by atoms with Crippen LogP contribution in [-0.2, 0) is 16.4 Å². The first-order chi connectivity index (χ1) is 14.0. The lowest BCUT2D eigenvalue weighted by Gasteiger charge is -2.24. The molecule has 0 aromatic heterocycles. The van der Waals surface area contributed by atoms with E-state index in [0.29, 0.717) is 28.8 Å². The molecular weight excluding hydrogens is 412 g/mol. The van der Waals surface area contributed by atoms with E-state index in [-0.39, 0.29) is 35.5 Å². The topological polar surface area (TPSA) is 85.3 Å². The molecule has 0 saturated carbocycles. The summed E-state index contributed by atoms with van der Waals surface area (Å²) in [5.74, 6) is 1.22. The highest BCUT2D eigenvalue weighted by atomic mass is 32.2. The molecule has 7 nitrogen and oxygen atoms in total. The van der Waals surface area contributed by atoms with Gasteiger partial charge in [0.05, 0.1) is 17.5 Å². The van der Waals surface area contributed by atoms with Gasteiger partial charge in [0.1, 0.15) is 0 Å². The second kappa shape index (κ2) is 7.07. The minimum atomic E-state index is -3.09. The zero-order valence-electron chi connectivity index (χ0n) is 15.4. The summed E-state index contributed by atoms with van der Waals surface area (Å²) in [4.78, 5) is 18.9. The molecule has 2 aromatic carbocycles. The molecule has 3 heterocycles. The van der Waals surface area contributed by atoms with Crippen molar-refractivity contribution in [2.45, 2.75) is 17.8 Å². The minimum absolute atomic E-state index is 0.0771. The van der Waals surface area contributed by atoms with E-state index in [9.17, 15) is 13.2 Å². The molecule has 0 aliphatic carbocycles. The van der Waals surface area contributed by atoms with Gasteiger partial charge in [0, 0.05) is 17.4 Å². The molecule has 2 fully saturated rings. The first-order valence-corrected chi connectivity index (χ1v) is 11.9. The number of hydrogen-bond donors (Lipinski definition) is 0. The highest BCUT2D eigenvalue weighted by Crippen LogP contribution is 2.40. The van der Waals surface area contributed by atoms with Crippen molar-refractivity contribution in [1.82, 2.24) is 4.90 Å². The second-order valence-electron chi connectivity index (χ2n) is 7.18. The smallest absolute Gasteiger partial charge is 0.279 e. The van der Waals surface area contributed by atoms with E-state index < -0.39 is 9.84 Å². The molecule has 1 amide bonds. The number of aliphatic imine (C=N–C) groups is 1. The summed E-state index contributed by atoms with van der Waals surface area (Å²) in [7, 11) is -3.09. The maximum absolute atomic E-state index is 12.6. The van der Waals surface area contributed by atoms with E-state index in [1.165, 1.54) is 11.8 Å². The summed E-state index contributed by atoms with van der Waals surface area (Å²) in [6, 6.07) is 14.3. The van der Waals surface area contributed by atoms with Gasteiger partial charge >= 0.3 is 0 Å². The fraction of sp³-hybridized carbons (Fsp3) is 0.300. The van der Waals surface area contributed by atoms with Crippen LogP contribution in [0.5, 0.6) is 11.5 Å². The van der Waals surface area contributed by atoms with Crippen LogP contribution in [0, 0.1) is 0 Å². The number of hydrogen-bond acceptors (Lipinski definition) is 6. The van der Waals surface area contributed by atoms with Crippen LogP contribution < -0.4 is 9.47 Å². The van der Waals surface area contributed by atoms with Gasteiger partial charge < -0.3 is 14.4 Å². The quantitative estimate of drug-likeness (QED) is 0.739. The normalized spacial score (nSPS) is 25.4. The number of amides is 1. The van der Waals surface area contributed by atoms with Gasteiger partial charge in [-0.15, -0.1) is 0 Å². The maximum Gasteiger partial charge on any atom is 0.279 e. The fourth-order valence-electron chi connectivity index (χ4n) is 3.79. The molecular formula is C20H18N2O5S2. The Morgan fingerprint density at radius 2 is 1.90 bits per heavy atom. The monoisotopic (exact) mass is 430 g/mol. The van der Waals surface area contributed by atoms with Gasteiger partial charge in [0.15, 0.2) is 26.5 Å². The average molecular weight is 431 g/mol. The summed E-state index contributed by atoms with van der Waals surface area (Å²) in [6.45, 7) is 0.640. The van der Waals surface area contributed by atoms with Gasteiger partial charge in [-0.05, 0) is 29.8 Å². The highest BCUT2D eigenvalue weighted by Gasteiger charge is 2.48. The average Bonchev–Trinajstić information content (AvgIpc) is 3.36. The lowest BCUT2D eigenvalue weighted by Crippen LogP contribution is -2.37. The lowest BCUT2D eigenvalue weighted by atomic mass is 10.1. The largest absolute Gasteiger partial charge is 0.454 e. The molecule has 2 aromatic rings. The van der Waals surface area contributed by atoms with Crippen LogP contribution in [-0.4, -0.2) is 54.0 Å². The first-order valence-electron chi connectivity index (χ1n) is 9.19. The van der Waals surface area contributed by atoms with Gasteiger partial charge in [-0.2, -0.15) is 4.99 Å². The van der Waals surface area contributed by atoms with Crippen LogP contribution in [0.4, 0.5) is 0 Å². The highest BCUT2D eigenvalue weighted by molar-refractivity contribution is 8.15. The maximum atomic E-state index is 12.6. The van der Waals surface area contributed by atoms with Crippen molar-refractivity contribution in [2.24, 2.45) is 4.99 Å². The molecule has 5 rings (SSSR count). The molecule has 29 heavy (non-hydrogen) atoms. The lowest BCUT2D eigenvalue weighted by molar-refractivity contribution is 0.100. The molecule has 0 bridgehead atoms. The molecule has 150 valence electrons. The third-order valence-corrected chi connectivity index (χ3v) is 8.43. The number of carbonyl (C=O) groups excluding carboxylic acids is 1. The third-order valence-electron chi connectivity index (χ3n) is 5.18. The van der Waals surface area contributed by atoms with Gasteiger partial charge in [0.25, 0.3) is 5.91 Å². The Bertz CT molecular complexity index is 1100. The number of thioether (sulfide) groups is 1. The standard InChI is InChI=1S/C20H18N2O5S2/c23-19(14-4-2-1-3-5-14)21-20-22(15-10-29(24,25)11-18(15)28-20)9-13-6-7-16-17(8-13)27-12-26-16/h1-8,15,18H,9-12H2/t15-,18-/m0/s1. The van der Waals surface area contributed by atoms with E-state index in [4.69, 9.17) is 9.47 Å². The molecule has 2 saturated heterocycles. The minimum Gasteiger partial charge on any atom is -0.454 e. The number of carbonyl (C=O) groups is 1. The first kappa shape index (κ1) is 18.5. The fourth-order valence-corrected chi connectivity index (χ4v) is 7.74. The number of benzene rings is 2. The number of fused-ring (bicyclic) bond motifs is 2. The van der Waals surface area contributed by atoms with E-state index in [1.54, 1.807) is 24.3 Å². The van der Waals surface area contributed by atoms with Crippen LogP contribution >= 0.6 is 11.8 Å². The molecule has 0 spiro atoms. The molecule has 3 aliphatic heterocycles. The molecule has 0 radical (unpaired) electrons. The molecule has 2 atom stereocenters. The Kier molecular flexibility index (Phi) is 4.51. The van der Waals surface area contributed by atoms with Crippen molar-refractivity contribution in [3.05, 3.63) is 59.7 Å². The van der Waals surface area contributed by atoms with Crippen LogP contribution in [0.15, 0.2) is 53.5 Å². The number of nitrogens with zero attached hydrogens (tertiary/aromatic N) is 2. The SMILES string of the molecule is O=C(N=C1S[C@H]2CS(=O)(=O)C[C@@H]2N1Cc1ccc2c(c1)OCO2)c1ccccc1. The molecule has 0 N–H and O–H groups in total. The summed E-state index contributed by atoms with van der Waals surface area (Å²) in [6.07, 6.45) is 0. The van der Waals surface area contributed by atoms with Gasteiger partial charge in [-0.25, -0.2) is 8.42 Å². The van der Waals surface area contributed by atoms with Crippen LogP contribution in [0.3, 0.4) is 0 Å². The van der Waals surface area contributed by atoms with Crippen LogP contribution in [0.25, 0.3) is 0 Å². The third kappa shape index (κ3) is 3.60. The summed E-state index contributed by atoms with van der Waals surface area (Å²) < 4.78 is 35.1. The Labute approximate surface area is 172 Å². The van der Waals surface area contributed by atoms with Crippen molar-refractivity contribution in [3.8, 4) is 11.5 Å². The number of ether oxygens (including phenoxy) is 2. The number of amidine groups is 1. The van der Waals surface area contributed by atoms with Crippen LogP contribution in [0.1, 0.15) is 15.9 Å². The van der Waals surface area contributed by atoms with Gasteiger partial charge in [-0.3, -0.25) is 4.79 Å². The summed E-state index contributed by atoms with van der Waals surface area (Å²) >= 11 is 1.38. The van der Waals surface area contributed by atoms with E-state index >= 15 is 0 Å². The molecule has 3 aliphatic rings. The van der Waals surface area contributed by atoms with Crippen molar-refractivity contribution < 1.29 is 22.7 Å². The van der Waals surface area contributed by atoms with Crippen molar-refractivity contribution in [2.75, 3.05) is 18.3 Å². The zero-order chi connectivity index (χ0) is 20.0. The van der Waals surface area contributed by atoms with E-state index in [1.807, 2.05) is 29.2 Å². The van der Waals surface area contributed by atoms with Gasteiger partial charge in [0.2, 0.25) is 6.79 Å². The predicted octanol–water partition coefficient (Wildman–Crippen LogP) is 2.33. The zero-order valence-corrected chi connectivity index (χ0v) is 17.0. The van der Waals surface area contributed by atoms with Crippen molar-refractivity contribution >= 4 is 32.7 Å². The Morgan fingerprint density at radius 1 is 1.10 bits per heavy atom.